The number of benzene rings is 2. The molecule has 2 aromatic carbocycles. The van der Waals surface area contributed by atoms with Gasteiger partial charge in [-0.2, -0.15) is 0 Å². The Morgan fingerprint density at radius 2 is 1.58 bits per heavy atom. The van der Waals surface area contributed by atoms with Gasteiger partial charge in [-0.15, -0.1) is 0 Å². The Hall–Kier alpha value is -1.36. The number of ketones is 1. The van der Waals surface area contributed by atoms with Crippen molar-refractivity contribution in [3.05, 3.63) is 71.8 Å². The molecule has 0 spiro atoms. The number of Topliss-reactive ketones (excluding diaryl/α,β-unsaturated/α-hetero) is 1. The average Bonchev–Trinajstić information content (AvgIpc) is 2.64. The zero-order valence-corrected chi connectivity index (χ0v) is 16.3. The van der Waals surface area contributed by atoms with Crippen LogP contribution in [0.3, 0.4) is 0 Å². The number of hydrogen-bond acceptors (Lipinski definition) is 1. The molecule has 126 valence electrons. The summed E-state index contributed by atoms with van der Waals surface area (Å²) in [5.41, 5.74) is 2.43. The Balaban J connectivity index is 1.94. The van der Waals surface area contributed by atoms with Crippen molar-refractivity contribution < 1.29 is 4.79 Å². The fourth-order valence-corrected chi connectivity index (χ4v) is 4.86. The van der Waals surface area contributed by atoms with E-state index in [1.165, 1.54) is 42.1 Å². The van der Waals surface area contributed by atoms with Crippen molar-refractivity contribution in [2.45, 2.75) is 55.5 Å². The van der Waals surface area contributed by atoms with Crippen molar-refractivity contribution >= 4 is 21.0 Å². The van der Waals surface area contributed by atoms with Gasteiger partial charge in [0.15, 0.2) is 0 Å². The van der Waals surface area contributed by atoms with E-state index in [-0.39, 0.29) is 21.1 Å². The van der Waals surface area contributed by atoms with E-state index in [4.69, 9.17) is 0 Å². The molecular formula is C22H29AlO. The largest absolute Gasteiger partial charge is 0.300 e. The van der Waals surface area contributed by atoms with Crippen molar-refractivity contribution in [2.24, 2.45) is 0 Å². The van der Waals surface area contributed by atoms with Crippen molar-refractivity contribution in [2.75, 3.05) is 0 Å². The maximum absolute atomic E-state index is 12.9. The van der Waals surface area contributed by atoms with Gasteiger partial charge >= 0.3 is 0 Å². The smallest absolute Gasteiger partial charge is 0.247 e. The Labute approximate surface area is 153 Å². The highest BCUT2D eigenvalue weighted by molar-refractivity contribution is 6.41. The van der Waals surface area contributed by atoms with Crippen LogP contribution >= 0.6 is 0 Å². The third-order valence-corrected chi connectivity index (χ3v) is 6.50. The molecule has 1 atom stereocenters. The molecule has 0 aliphatic rings. The lowest BCUT2D eigenvalue weighted by molar-refractivity contribution is -0.118. The minimum Gasteiger partial charge on any atom is -0.300 e. The maximum Gasteiger partial charge on any atom is 0.247 e. The lowest BCUT2D eigenvalue weighted by Gasteiger charge is -2.16. The minimum atomic E-state index is -0.250. The first-order chi connectivity index (χ1) is 11.8. The van der Waals surface area contributed by atoms with Crippen LogP contribution in [0.1, 0.15) is 49.7 Å². The fraction of sp³-hybridized carbons (Fsp3) is 0.409. The van der Waals surface area contributed by atoms with Crippen LogP contribution in [0.25, 0.3) is 0 Å². The molecule has 24 heavy (non-hydrogen) atoms. The lowest BCUT2D eigenvalue weighted by atomic mass is 9.89. The molecule has 0 saturated carbocycles. The SMILES string of the molecule is CCCCC[CH2][AlH][CH2]C(=O)C(Cc1ccccc1)c1ccccc1. The van der Waals surface area contributed by atoms with Gasteiger partial charge in [-0.1, -0.05) is 98.6 Å². The zero-order chi connectivity index (χ0) is 17.0. The van der Waals surface area contributed by atoms with Gasteiger partial charge in [-0.05, 0) is 22.8 Å². The summed E-state index contributed by atoms with van der Waals surface area (Å²) in [7, 11) is 0. The molecule has 0 aliphatic carbocycles. The molecule has 2 heteroatoms. The first-order valence-electron chi connectivity index (χ1n) is 9.43. The Bertz CT molecular complexity index is 579. The molecular weight excluding hydrogens is 307 g/mol. The lowest BCUT2D eigenvalue weighted by Crippen LogP contribution is -2.16. The predicted molar refractivity (Wildman–Crippen MR) is 105 cm³/mol. The van der Waals surface area contributed by atoms with Crippen molar-refractivity contribution in [3.8, 4) is 0 Å². The Morgan fingerprint density at radius 3 is 2.25 bits per heavy atom. The van der Waals surface area contributed by atoms with Crippen LogP contribution in [0.2, 0.25) is 10.6 Å². The third kappa shape index (κ3) is 6.64. The summed E-state index contributed by atoms with van der Waals surface area (Å²) in [6.07, 6.45) is 6.11. The topological polar surface area (TPSA) is 17.1 Å². The number of rotatable bonds is 11. The molecule has 1 unspecified atom stereocenters. The Morgan fingerprint density at radius 1 is 0.917 bits per heavy atom. The monoisotopic (exact) mass is 336 g/mol. The molecule has 0 N–H and O–H groups in total. The molecule has 0 aromatic heterocycles. The van der Waals surface area contributed by atoms with Gasteiger partial charge in [0.2, 0.25) is 15.2 Å². The summed E-state index contributed by atoms with van der Waals surface area (Å²) < 4.78 is 0. The normalized spacial score (nSPS) is 11.9. The molecule has 1 nitrogen and oxygen atoms in total. The standard InChI is InChI=1S/C16H15O.C6H13.Al.H/c1-13(17)16(15-10-6-3-7-11-15)12-14-8-4-2-5-9-14;1-3-5-6-4-2;;/h2-11,16H,1,12H2;1,3-6H2,2H3;;. The Kier molecular flexibility index (Phi) is 8.89. The molecule has 0 aliphatic heterocycles. The van der Waals surface area contributed by atoms with Gasteiger partial charge in [0, 0.05) is 5.92 Å². The summed E-state index contributed by atoms with van der Waals surface area (Å²) in [5.74, 6) is 0.476. The highest BCUT2D eigenvalue weighted by Crippen LogP contribution is 2.23. The average molecular weight is 336 g/mol. The van der Waals surface area contributed by atoms with E-state index >= 15 is 0 Å². The van der Waals surface area contributed by atoms with Gasteiger partial charge in [0.1, 0.15) is 5.78 Å². The minimum absolute atomic E-state index is 0.0248. The van der Waals surface area contributed by atoms with Gasteiger partial charge in [0.05, 0.1) is 0 Å². The molecule has 0 amide bonds. The van der Waals surface area contributed by atoms with Gasteiger partial charge in [-0.3, -0.25) is 0 Å². The molecule has 0 heterocycles. The number of carbonyl (C=O) groups is 1. The number of unbranched alkanes of at least 4 members (excludes halogenated alkanes) is 3. The quantitative estimate of drug-likeness (QED) is 0.395. The summed E-state index contributed by atoms with van der Waals surface area (Å²) >= 11 is -0.250. The van der Waals surface area contributed by atoms with Crippen LogP contribution in [0.15, 0.2) is 60.7 Å². The van der Waals surface area contributed by atoms with Gasteiger partial charge in [-0.25, -0.2) is 0 Å². The first kappa shape index (κ1) is 19.0. The van der Waals surface area contributed by atoms with Crippen LogP contribution in [0, 0.1) is 0 Å². The molecule has 0 bridgehead atoms. The number of carbonyl (C=O) groups excluding carboxylic acids is 1. The van der Waals surface area contributed by atoms with E-state index in [1.807, 2.05) is 24.3 Å². The van der Waals surface area contributed by atoms with E-state index in [1.54, 1.807) is 0 Å². The van der Waals surface area contributed by atoms with E-state index < -0.39 is 0 Å². The van der Waals surface area contributed by atoms with Crippen LogP contribution in [-0.2, 0) is 11.2 Å². The molecule has 0 radical (unpaired) electrons. The summed E-state index contributed by atoms with van der Waals surface area (Å²) in [4.78, 5) is 12.9. The highest BCUT2D eigenvalue weighted by Gasteiger charge is 2.20. The van der Waals surface area contributed by atoms with E-state index in [9.17, 15) is 4.79 Å². The summed E-state index contributed by atoms with van der Waals surface area (Å²) in [5, 5.41) is 2.16. The maximum atomic E-state index is 12.9. The second-order valence-electron chi connectivity index (χ2n) is 6.64. The van der Waals surface area contributed by atoms with Crippen LogP contribution in [-0.4, -0.2) is 21.0 Å². The highest BCUT2D eigenvalue weighted by atomic mass is 27.1. The second-order valence-corrected chi connectivity index (χ2v) is 8.55. The second kappa shape index (κ2) is 11.2. The third-order valence-electron chi connectivity index (χ3n) is 4.65. The van der Waals surface area contributed by atoms with Gasteiger partial charge in [0.25, 0.3) is 0 Å². The first-order valence-corrected chi connectivity index (χ1v) is 11.4. The zero-order valence-electron chi connectivity index (χ0n) is 14.9. The summed E-state index contributed by atoms with van der Waals surface area (Å²) in [6, 6.07) is 20.7. The number of hydrogen-bond donors (Lipinski definition) is 0. The summed E-state index contributed by atoms with van der Waals surface area (Å²) in [6.45, 7) is 2.25. The van der Waals surface area contributed by atoms with E-state index in [0.29, 0.717) is 5.78 Å². The fourth-order valence-electron chi connectivity index (χ4n) is 3.21. The molecule has 2 rings (SSSR count). The molecule has 0 saturated heterocycles. The van der Waals surface area contributed by atoms with Gasteiger partial charge < -0.3 is 4.79 Å². The predicted octanol–water partition coefficient (Wildman–Crippen LogP) is 5.44. The van der Waals surface area contributed by atoms with Crippen molar-refractivity contribution in [1.29, 1.82) is 0 Å². The van der Waals surface area contributed by atoms with Crippen molar-refractivity contribution in [3.63, 3.8) is 0 Å². The van der Waals surface area contributed by atoms with Crippen LogP contribution < -0.4 is 0 Å². The molecule has 2 aromatic rings. The van der Waals surface area contributed by atoms with Crippen molar-refractivity contribution in [1.82, 2.24) is 0 Å². The van der Waals surface area contributed by atoms with E-state index in [0.717, 1.165) is 11.7 Å². The molecule has 0 fully saturated rings. The van der Waals surface area contributed by atoms with Crippen LogP contribution in [0.4, 0.5) is 0 Å². The van der Waals surface area contributed by atoms with Crippen LogP contribution in [0.5, 0.6) is 0 Å². The van der Waals surface area contributed by atoms with E-state index in [2.05, 4.69) is 43.3 Å².